The number of nitrogens with one attached hydrogen (secondary N) is 2. The molecule has 1 amide bonds. The number of thioether (sulfide) groups is 1. The van der Waals surface area contributed by atoms with Crippen LogP contribution in [-0.2, 0) is 4.79 Å². The number of anilines is 1. The molecule has 0 saturated heterocycles. The molecule has 1 aliphatic carbocycles. The highest BCUT2D eigenvalue weighted by Gasteiger charge is 2.20. The van der Waals surface area contributed by atoms with Crippen molar-refractivity contribution >= 4 is 23.4 Å². The van der Waals surface area contributed by atoms with Crippen LogP contribution in [0.2, 0.25) is 0 Å². The Morgan fingerprint density at radius 2 is 2.17 bits per heavy atom. The Morgan fingerprint density at radius 3 is 2.89 bits per heavy atom. The maximum atomic E-state index is 11.8. The first kappa shape index (κ1) is 13.4. The number of amides is 1. The number of carbonyl (C=O) groups is 1. The van der Waals surface area contributed by atoms with Crippen molar-refractivity contribution in [3.8, 4) is 0 Å². The van der Waals surface area contributed by atoms with Crippen LogP contribution in [0.4, 0.5) is 5.69 Å². The van der Waals surface area contributed by atoms with Gasteiger partial charge in [0.2, 0.25) is 5.91 Å². The number of hydrogen-bond donors (Lipinski definition) is 2. The summed E-state index contributed by atoms with van der Waals surface area (Å²) in [4.78, 5) is 13.0. The van der Waals surface area contributed by atoms with Crippen molar-refractivity contribution in [1.82, 2.24) is 5.32 Å². The monoisotopic (exact) mass is 264 g/mol. The number of rotatable bonds is 7. The molecule has 1 aromatic carbocycles. The quantitative estimate of drug-likeness (QED) is 0.744. The van der Waals surface area contributed by atoms with Crippen LogP contribution in [0.3, 0.4) is 0 Å². The van der Waals surface area contributed by atoms with Gasteiger partial charge in [-0.2, -0.15) is 0 Å². The highest BCUT2D eigenvalue weighted by atomic mass is 32.2. The van der Waals surface area contributed by atoms with E-state index in [0.29, 0.717) is 12.5 Å². The molecule has 3 nitrogen and oxygen atoms in total. The normalized spacial score (nSPS) is 14.5. The van der Waals surface area contributed by atoms with Crippen molar-refractivity contribution in [2.75, 3.05) is 17.6 Å². The predicted molar refractivity (Wildman–Crippen MR) is 77.1 cm³/mol. The maximum Gasteiger partial charge on any atom is 0.225 e. The van der Waals surface area contributed by atoms with E-state index in [1.807, 2.05) is 24.3 Å². The summed E-state index contributed by atoms with van der Waals surface area (Å²) in [6.45, 7) is 2.89. The van der Waals surface area contributed by atoms with Crippen LogP contribution >= 0.6 is 11.8 Å². The van der Waals surface area contributed by atoms with Crippen LogP contribution in [0, 0.1) is 0 Å². The zero-order valence-corrected chi connectivity index (χ0v) is 11.6. The van der Waals surface area contributed by atoms with Gasteiger partial charge in [0.15, 0.2) is 0 Å². The fourth-order valence-corrected chi connectivity index (χ4v) is 2.50. The summed E-state index contributed by atoms with van der Waals surface area (Å²) in [5.74, 6) is 1.10. The van der Waals surface area contributed by atoms with E-state index < -0.39 is 0 Å². The minimum atomic E-state index is 0.0901. The van der Waals surface area contributed by atoms with E-state index in [0.717, 1.165) is 22.9 Å². The fraction of sp³-hybridized carbons (Fsp3) is 0.500. The van der Waals surface area contributed by atoms with Crippen LogP contribution < -0.4 is 10.6 Å². The van der Waals surface area contributed by atoms with Crippen LogP contribution in [0.25, 0.3) is 0 Å². The minimum Gasteiger partial charge on any atom is -0.325 e. The Balaban J connectivity index is 1.81. The molecule has 0 radical (unpaired) electrons. The first-order chi connectivity index (χ1) is 8.79. The van der Waals surface area contributed by atoms with Crippen molar-refractivity contribution in [2.24, 2.45) is 0 Å². The van der Waals surface area contributed by atoms with E-state index in [9.17, 15) is 4.79 Å². The van der Waals surface area contributed by atoms with Gasteiger partial charge in [0, 0.05) is 23.9 Å². The third-order valence-corrected chi connectivity index (χ3v) is 3.78. The molecular weight excluding hydrogens is 244 g/mol. The molecular formula is C14H20N2OS. The standard InChI is InChI=1S/C14H20N2OS/c1-2-18-13-6-4-3-5-12(13)16-14(17)9-10-15-11-7-8-11/h3-6,11,15H,2,7-10H2,1H3,(H,16,17). The Hall–Kier alpha value is -1.00. The van der Waals surface area contributed by atoms with E-state index in [-0.39, 0.29) is 5.91 Å². The smallest absolute Gasteiger partial charge is 0.225 e. The van der Waals surface area contributed by atoms with Gasteiger partial charge in [0.05, 0.1) is 5.69 Å². The van der Waals surface area contributed by atoms with Gasteiger partial charge in [-0.05, 0) is 30.7 Å². The van der Waals surface area contributed by atoms with E-state index in [1.165, 1.54) is 12.8 Å². The van der Waals surface area contributed by atoms with Crippen LogP contribution in [0.15, 0.2) is 29.2 Å². The first-order valence-electron chi connectivity index (χ1n) is 6.54. The zero-order valence-electron chi connectivity index (χ0n) is 10.7. The molecule has 18 heavy (non-hydrogen) atoms. The van der Waals surface area contributed by atoms with E-state index in [2.05, 4.69) is 17.6 Å². The van der Waals surface area contributed by atoms with Crippen molar-refractivity contribution in [3.05, 3.63) is 24.3 Å². The van der Waals surface area contributed by atoms with Crippen molar-refractivity contribution in [3.63, 3.8) is 0 Å². The van der Waals surface area contributed by atoms with Gasteiger partial charge in [-0.3, -0.25) is 4.79 Å². The van der Waals surface area contributed by atoms with Crippen LogP contribution in [-0.4, -0.2) is 24.2 Å². The Labute approximate surface area is 113 Å². The Bertz CT molecular complexity index is 405. The molecule has 0 bridgehead atoms. The number of hydrogen-bond acceptors (Lipinski definition) is 3. The molecule has 1 aromatic rings. The molecule has 0 heterocycles. The van der Waals surface area contributed by atoms with Gasteiger partial charge in [0.25, 0.3) is 0 Å². The first-order valence-corrected chi connectivity index (χ1v) is 7.53. The van der Waals surface area contributed by atoms with Crippen molar-refractivity contribution in [2.45, 2.75) is 37.1 Å². The molecule has 2 rings (SSSR count). The molecule has 0 unspecified atom stereocenters. The number of carbonyl (C=O) groups excluding carboxylic acids is 1. The van der Waals surface area contributed by atoms with Gasteiger partial charge in [0.1, 0.15) is 0 Å². The van der Waals surface area contributed by atoms with E-state index >= 15 is 0 Å². The average Bonchev–Trinajstić information content (AvgIpc) is 3.16. The second-order valence-corrected chi connectivity index (χ2v) is 5.76. The molecule has 0 atom stereocenters. The molecule has 0 aliphatic heterocycles. The summed E-state index contributed by atoms with van der Waals surface area (Å²) >= 11 is 1.75. The summed E-state index contributed by atoms with van der Waals surface area (Å²) in [7, 11) is 0. The minimum absolute atomic E-state index is 0.0901. The maximum absolute atomic E-state index is 11.8. The Kier molecular flexibility index (Phi) is 5.08. The van der Waals surface area contributed by atoms with Gasteiger partial charge in [-0.25, -0.2) is 0 Å². The fourth-order valence-electron chi connectivity index (χ4n) is 1.74. The molecule has 0 aromatic heterocycles. The summed E-state index contributed by atoms with van der Waals surface area (Å²) < 4.78 is 0. The SMILES string of the molecule is CCSc1ccccc1NC(=O)CCNC1CC1. The number of benzene rings is 1. The Morgan fingerprint density at radius 1 is 1.39 bits per heavy atom. The van der Waals surface area contributed by atoms with Crippen LogP contribution in [0.1, 0.15) is 26.2 Å². The van der Waals surface area contributed by atoms with Gasteiger partial charge in [-0.15, -0.1) is 11.8 Å². The third-order valence-electron chi connectivity index (χ3n) is 2.82. The number of para-hydroxylation sites is 1. The molecule has 2 N–H and O–H groups in total. The lowest BCUT2D eigenvalue weighted by molar-refractivity contribution is -0.116. The highest BCUT2D eigenvalue weighted by molar-refractivity contribution is 7.99. The summed E-state index contributed by atoms with van der Waals surface area (Å²) in [5.41, 5.74) is 0.931. The zero-order chi connectivity index (χ0) is 12.8. The summed E-state index contributed by atoms with van der Waals surface area (Å²) in [5, 5.41) is 6.34. The lowest BCUT2D eigenvalue weighted by Gasteiger charge is -2.10. The van der Waals surface area contributed by atoms with Crippen LogP contribution in [0.5, 0.6) is 0 Å². The van der Waals surface area contributed by atoms with Gasteiger partial charge >= 0.3 is 0 Å². The third kappa shape index (κ3) is 4.35. The van der Waals surface area contributed by atoms with Gasteiger partial charge in [-0.1, -0.05) is 19.1 Å². The van der Waals surface area contributed by atoms with E-state index in [1.54, 1.807) is 11.8 Å². The van der Waals surface area contributed by atoms with Crippen molar-refractivity contribution < 1.29 is 4.79 Å². The van der Waals surface area contributed by atoms with Gasteiger partial charge < -0.3 is 10.6 Å². The lowest BCUT2D eigenvalue weighted by Crippen LogP contribution is -2.23. The molecule has 1 fully saturated rings. The molecule has 98 valence electrons. The lowest BCUT2D eigenvalue weighted by atomic mass is 10.3. The summed E-state index contributed by atoms with van der Waals surface area (Å²) in [6.07, 6.45) is 3.07. The largest absolute Gasteiger partial charge is 0.325 e. The molecule has 4 heteroatoms. The molecule has 0 spiro atoms. The predicted octanol–water partition coefficient (Wildman–Crippen LogP) is 2.88. The van der Waals surface area contributed by atoms with Crippen molar-refractivity contribution in [1.29, 1.82) is 0 Å². The summed E-state index contributed by atoms with van der Waals surface area (Å²) in [6, 6.07) is 8.64. The second kappa shape index (κ2) is 6.81. The topological polar surface area (TPSA) is 41.1 Å². The van der Waals surface area contributed by atoms with E-state index in [4.69, 9.17) is 0 Å². The average molecular weight is 264 g/mol. The molecule has 1 aliphatic rings. The highest BCUT2D eigenvalue weighted by Crippen LogP contribution is 2.26. The second-order valence-electron chi connectivity index (χ2n) is 4.46. The molecule has 1 saturated carbocycles.